The van der Waals surface area contributed by atoms with Gasteiger partial charge in [0.25, 0.3) is 5.91 Å². The van der Waals surface area contributed by atoms with E-state index in [2.05, 4.69) is 11.8 Å². The lowest BCUT2D eigenvalue weighted by Gasteiger charge is -2.17. The van der Waals surface area contributed by atoms with Crippen molar-refractivity contribution < 1.29 is 14.7 Å². The van der Waals surface area contributed by atoms with Crippen LogP contribution in [0.1, 0.15) is 27.9 Å². The van der Waals surface area contributed by atoms with E-state index in [1.807, 2.05) is 13.0 Å². The topological polar surface area (TPSA) is 83.6 Å². The van der Waals surface area contributed by atoms with Crippen molar-refractivity contribution in [1.82, 2.24) is 4.90 Å². The maximum Gasteiger partial charge on any atom is 0.255 e. The summed E-state index contributed by atoms with van der Waals surface area (Å²) in [6.45, 7) is 2.52. The molecule has 1 heterocycles. The standard InChI is InChI=1S/C16H18N2O3/c1-11-4-5-12(3-2-8-19)14(9-11)16(21)18-7-6-13(10-18)15(17)20/h4-5,9,13,19H,6-8,10H2,1H3,(H2,17,20). The van der Waals surface area contributed by atoms with E-state index in [-0.39, 0.29) is 24.3 Å². The van der Waals surface area contributed by atoms with Crippen LogP contribution in [0.3, 0.4) is 0 Å². The maximum atomic E-state index is 12.6. The largest absolute Gasteiger partial charge is 0.384 e. The molecule has 0 spiro atoms. The molecule has 2 rings (SSSR count). The number of nitrogens with two attached hydrogens (primary N) is 1. The molecule has 1 aromatic carbocycles. The number of aliphatic hydroxyl groups excluding tert-OH is 1. The van der Waals surface area contributed by atoms with Gasteiger partial charge in [0, 0.05) is 18.7 Å². The van der Waals surface area contributed by atoms with E-state index in [9.17, 15) is 9.59 Å². The van der Waals surface area contributed by atoms with E-state index in [0.29, 0.717) is 30.6 Å². The third-order valence-electron chi connectivity index (χ3n) is 3.59. The molecule has 1 aliphatic rings. The van der Waals surface area contributed by atoms with E-state index in [1.54, 1.807) is 17.0 Å². The molecular weight excluding hydrogens is 268 g/mol. The van der Waals surface area contributed by atoms with Crippen LogP contribution in [0.4, 0.5) is 0 Å². The summed E-state index contributed by atoms with van der Waals surface area (Å²) < 4.78 is 0. The molecule has 3 N–H and O–H groups in total. The molecule has 1 atom stereocenters. The van der Waals surface area contributed by atoms with Crippen LogP contribution in [0.5, 0.6) is 0 Å². The Morgan fingerprint density at radius 2 is 2.24 bits per heavy atom. The minimum atomic E-state index is -0.366. The Hall–Kier alpha value is -2.32. The Labute approximate surface area is 123 Å². The third-order valence-corrected chi connectivity index (χ3v) is 3.59. The van der Waals surface area contributed by atoms with E-state index in [0.717, 1.165) is 5.56 Å². The smallest absolute Gasteiger partial charge is 0.255 e. The summed E-state index contributed by atoms with van der Waals surface area (Å²) in [5.41, 5.74) is 7.33. The van der Waals surface area contributed by atoms with Gasteiger partial charge in [-0.15, -0.1) is 0 Å². The number of nitrogens with zero attached hydrogens (tertiary/aromatic N) is 1. The van der Waals surface area contributed by atoms with Crippen LogP contribution in [0.2, 0.25) is 0 Å². The predicted molar refractivity (Wildman–Crippen MR) is 78.3 cm³/mol. The lowest BCUT2D eigenvalue weighted by molar-refractivity contribution is -0.121. The number of primary amides is 1. The van der Waals surface area contributed by atoms with Crippen LogP contribution >= 0.6 is 0 Å². The molecule has 1 aliphatic heterocycles. The summed E-state index contributed by atoms with van der Waals surface area (Å²) in [5, 5.41) is 8.80. The van der Waals surface area contributed by atoms with Crippen LogP contribution in [0.25, 0.3) is 0 Å². The van der Waals surface area contributed by atoms with Gasteiger partial charge in [-0.05, 0) is 25.5 Å². The quantitative estimate of drug-likeness (QED) is 0.766. The van der Waals surface area contributed by atoms with Gasteiger partial charge in [-0.25, -0.2) is 0 Å². The lowest BCUT2D eigenvalue weighted by Crippen LogP contribution is -2.32. The first-order valence-electron chi connectivity index (χ1n) is 6.82. The molecule has 110 valence electrons. The number of hydrogen-bond donors (Lipinski definition) is 2. The summed E-state index contributed by atoms with van der Waals surface area (Å²) in [5.74, 6) is 4.56. The molecule has 1 saturated heterocycles. The first-order valence-corrected chi connectivity index (χ1v) is 6.82. The van der Waals surface area contributed by atoms with E-state index < -0.39 is 0 Å². The molecule has 1 unspecified atom stereocenters. The van der Waals surface area contributed by atoms with Gasteiger partial charge in [0.15, 0.2) is 0 Å². The fourth-order valence-electron chi connectivity index (χ4n) is 2.43. The second-order valence-corrected chi connectivity index (χ2v) is 5.15. The highest BCUT2D eigenvalue weighted by Gasteiger charge is 2.30. The second kappa shape index (κ2) is 6.42. The number of amides is 2. The van der Waals surface area contributed by atoms with Gasteiger partial charge in [0.1, 0.15) is 6.61 Å². The molecule has 2 amide bonds. The predicted octanol–water partition coefficient (Wildman–Crippen LogP) is 0.286. The van der Waals surface area contributed by atoms with Crippen LogP contribution in [0, 0.1) is 24.7 Å². The normalized spacial score (nSPS) is 17.2. The second-order valence-electron chi connectivity index (χ2n) is 5.15. The average Bonchev–Trinajstić information content (AvgIpc) is 2.95. The number of likely N-dealkylation sites (tertiary alicyclic amines) is 1. The Bertz CT molecular complexity index is 628. The zero-order chi connectivity index (χ0) is 15.4. The molecule has 0 saturated carbocycles. The number of benzene rings is 1. The number of carbonyl (C=O) groups excluding carboxylic acids is 2. The summed E-state index contributed by atoms with van der Waals surface area (Å²) >= 11 is 0. The molecule has 0 bridgehead atoms. The lowest BCUT2D eigenvalue weighted by atomic mass is 10.0. The molecule has 0 aromatic heterocycles. The van der Waals surface area contributed by atoms with Crippen LogP contribution in [-0.4, -0.2) is 41.5 Å². The van der Waals surface area contributed by atoms with Crippen LogP contribution < -0.4 is 5.73 Å². The molecule has 5 heteroatoms. The van der Waals surface area contributed by atoms with Gasteiger partial charge >= 0.3 is 0 Å². The minimum Gasteiger partial charge on any atom is -0.384 e. The van der Waals surface area contributed by atoms with Crippen molar-refractivity contribution in [3.05, 3.63) is 34.9 Å². The minimum absolute atomic E-state index is 0.148. The Kier molecular flexibility index (Phi) is 4.61. The average molecular weight is 286 g/mol. The van der Waals surface area contributed by atoms with Crippen molar-refractivity contribution in [3.63, 3.8) is 0 Å². The van der Waals surface area contributed by atoms with Gasteiger partial charge < -0.3 is 15.7 Å². The number of aryl methyl sites for hydroxylation is 1. The van der Waals surface area contributed by atoms with Crippen molar-refractivity contribution in [2.24, 2.45) is 11.7 Å². The highest BCUT2D eigenvalue weighted by molar-refractivity contribution is 5.97. The molecule has 1 aromatic rings. The highest BCUT2D eigenvalue weighted by Crippen LogP contribution is 2.20. The van der Waals surface area contributed by atoms with E-state index in [1.165, 1.54) is 0 Å². The van der Waals surface area contributed by atoms with Gasteiger partial charge in [-0.1, -0.05) is 23.5 Å². The van der Waals surface area contributed by atoms with Crippen molar-refractivity contribution in [2.45, 2.75) is 13.3 Å². The summed E-state index contributed by atoms with van der Waals surface area (Å²) in [6, 6.07) is 5.42. The molecule has 5 nitrogen and oxygen atoms in total. The van der Waals surface area contributed by atoms with Gasteiger partial charge in [-0.2, -0.15) is 0 Å². The van der Waals surface area contributed by atoms with E-state index in [4.69, 9.17) is 10.8 Å². The molecular formula is C16H18N2O3. The highest BCUT2D eigenvalue weighted by atomic mass is 16.2. The van der Waals surface area contributed by atoms with Gasteiger partial charge in [0.05, 0.1) is 11.5 Å². The van der Waals surface area contributed by atoms with Crippen molar-refractivity contribution in [2.75, 3.05) is 19.7 Å². The zero-order valence-corrected chi connectivity index (χ0v) is 11.9. The first kappa shape index (κ1) is 15.1. The molecule has 21 heavy (non-hydrogen) atoms. The van der Waals surface area contributed by atoms with Crippen molar-refractivity contribution in [1.29, 1.82) is 0 Å². The summed E-state index contributed by atoms with van der Waals surface area (Å²) in [4.78, 5) is 25.4. The zero-order valence-electron chi connectivity index (χ0n) is 11.9. The van der Waals surface area contributed by atoms with Crippen molar-refractivity contribution >= 4 is 11.8 Å². The third kappa shape index (κ3) is 3.41. The monoisotopic (exact) mass is 286 g/mol. The Morgan fingerprint density at radius 1 is 1.48 bits per heavy atom. The fraction of sp³-hybridized carbons (Fsp3) is 0.375. The van der Waals surface area contributed by atoms with Gasteiger partial charge in [-0.3, -0.25) is 9.59 Å². The summed E-state index contributed by atoms with van der Waals surface area (Å²) in [7, 11) is 0. The molecule has 0 aliphatic carbocycles. The number of rotatable bonds is 2. The number of hydrogen-bond acceptors (Lipinski definition) is 3. The Morgan fingerprint density at radius 3 is 2.86 bits per heavy atom. The van der Waals surface area contributed by atoms with Crippen LogP contribution in [0.15, 0.2) is 18.2 Å². The van der Waals surface area contributed by atoms with Gasteiger partial charge in [0.2, 0.25) is 5.91 Å². The summed E-state index contributed by atoms with van der Waals surface area (Å²) in [6.07, 6.45) is 0.602. The number of carbonyl (C=O) groups is 2. The molecule has 0 radical (unpaired) electrons. The first-order chi connectivity index (χ1) is 10.0. The van der Waals surface area contributed by atoms with Crippen molar-refractivity contribution in [3.8, 4) is 11.8 Å². The maximum absolute atomic E-state index is 12.6. The van der Waals surface area contributed by atoms with E-state index >= 15 is 0 Å². The number of aliphatic hydroxyl groups is 1. The Balaban J connectivity index is 2.27. The SMILES string of the molecule is Cc1ccc(C#CCO)c(C(=O)N2CCC(C(N)=O)C2)c1. The van der Waals surface area contributed by atoms with Crippen LogP contribution in [-0.2, 0) is 4.79 Å². The molecule has 1 fully saturated rings. The fourth-order valence-corrected chi connectivity index (χ4v) is 2.43.